The number of benzene rings is 3. The Morgan fingerprint density at radius 2 is 1.38 bits per heavy atom. The SMILES string of the molecule is COc1cc(OC)cc(C(=O)Oc2cc(C)c3c(c2)O/C(=C\c2cc(OC)c(OC)c(OC)c2)C3=O)c1. The van der Waals surface area contributed by atoms with Crippen molar-refractivity contribution in [2.24, 2.45) is 0 Å². The maximum atomic E-state index is 13.1. The first kappa shape index (κ1) is 25.4. The van der Waals surface area contributed by atoms with Gasteiger partial charge in [-0.25, -0.2) is 4.79 Å². The van der Waals surface area contributed by atoms with Crippen LogP contribution < -0.4 is 33.2 Å². The Bertz CT molecular complexity index is 1360. The van der Waals surface area contributed by atoms with Crippen LogP contribution in [0, 0.1) is 6.92 Å². The van der Waals surface area contributed by atoms with E-state index in [0.717, 1.165) is 0 Å². The van der Waals surface area contributed by atoms with E-state index in [1.807, 2.05) is 0 Å². The third-order valence-corrected chi connectivity index (χ3v) is 5.73. The Kier molecular flexibility index (Phi) is 7.24. The number of hydrogen-bond acceptors (Lipinski definition) is 9. The Balaban J connectivity index is 1.63. The Labute approximate surface area is 214 Å². The van der Waals surface area contributed by atoms with Gasteiger partial charge in [-0.1, -0.05) is 0 Å². The second-order valence-corrected chi connectivity index (χ2v) is 8.00. The number of carbonyl (C=O) groups is 2. The van der Waals surface area contributed by atoms with Gasteiger partial charge in [0, 0.05) is 12.1 Å². The molecule has 0 bridgehead atoms. The summed E-state index contributed by atoms with van der Waals surface area (Å²) in [5.41, 5.74) is 1.85. The van der Waals surface area contributed by atoms with Gasteiger partial charge in [0.15, 0.2) is 17.3 Å². The van der Waals surface area contributed by atoms with Crippen LogP contribution >= 0.6 is 0 Å². The van der Waals surface area contributed by atoms with Gasteiger partial charge in [0.05, 0.1) is 46.7 Å². The van der Waals surface area contributed by atoms with E-state index < -0.39 is 5.97 Å². The Morgan fingerprint density at radius 3 is 1.92 bits per heavy atom. The maximum absolute atomic E-state index is 13.1. The van der Waals surface area contributed by atoms with Gasteiger partial charge in [-0.2, -0.15) is 0 Å². The molecule has 0 aromatic heterocycles. The Hall–Kier alpha value is -4.66. The first-order chi connectivity index (χ1) is 17.8. The summed E-state index contributed by atoms with van der Waals surface area (Å²) >= 11 is 0. The van der Waals surface area contributed by atoms with Crippen LogP contribution in [0.3, 0.4) is 0 Å². The largest absolute Gasteiger partial charge is 0.497 e. The molecule has 1 aliphatic heterocycles. The first-order valence-corrected chi connectivity index (χ1v) is 11.2. The highest BCUT2D eigenvalue weighted by atomic mass is 16.5. The van der Waals surface area contributed by atoms with Crippen molar-refractivity contribution in [3.63, 3.8) is 0 Å². The minimum atomic E-state index is -0.617. The predicted molar refractivity (Wildman–Crippen MR) is 135 cm³/mol. The highest BCUT2D eigenvalue weighted by Gasteiger charge is 2.30. The molecule has 0 aliphatic carbocycles. The van der Waals surface area contributed by atoms with E-state index in [1.165, 1.54) is 41.6 Å². The lowest BCUT2D eigenvalue weighted by molar-refractivity contribution is 0.0733. The number of rotatable bonds is 8. The highest BCUT2D eigenvalue weighted by Crippen LogP contribution is 2.41. The molecule has 0 saturated heterocycles. The van der Waals surface area contributed by atoms with Gasteiger partial charge in [-0.15, -0.1) is 0 Å². The molecule has 1 heterocycles. The molecule has 192 valence electrons. The second-order valence-electron chi connectivity index (χ2n) is 8.00. The van der Waals surface area contributed by atoms with Crippen molar-refractivity contribution in [3.05, 3.63) is 70.5 Å². The van der Waals surface area contributed by atoms with Crippen LogP contribution in [0.1, 0.15) is 31.8 Å². The van der Waals surface area contributed by atoms with Gasteiger partial charge in [0.1, 0.15) is 23.0 Å². The number of hydrogen-bond donors (Lipinski definition) is 0. The summed E-state index contributed by atoms with van der Waals surface area (Å²) in [6.45, 7) is 1.74. The molecule has 1 aliphatic rings. The molecule has 9 nitrogen and oxygen atoms in total. The van der Waals surface area contributed by atoms with Gasteiger partial charge < -0.3 is 33.2 Å². The van der Waals surface area contributed by atoms with E-state index in [9.17, 15) is 9.59 Å². The van der Waals surface area contributed by atoms with Crippen molar-refractivity contribution < 1.29 is 42.7 Å². The van der Waals surface area contributed by atoms with E-state index in [-0.39, 0.29) is 28.6 Å². The zero-order valence-electron chi connectivity index (χ0n) is 21.3. The zero-order chi connectivity index (χ0) is 26.7. The molecule has 0 atom stereocenters. The summed E-state index contributed by atoms with van der Waals surface area (Å²) < 4.78 is 38.0. The normalized spacial score (nSPS) is 13.0. The molecule has 37 heavy (non-hydrogen) atoms. The molecule has 0 amide bonds. The van der Waals surface area contributed by atoms with E-state index in [1.54, 1.807) is 49.4 Å². The fourth-order valence-corrected chi connectivity index (χ4v) is 3.96. The monoisotopic (exact) mass is 506 g/mol. The fourth-order valence-electron chi connectivity index (χ4n) is 3.96. The number of fused-ring (bicyclic) bond motifs is 1. The number of aryl methyl sites for hydroxylation is 1. The summed E-state index contributed by atoms with van der Waals surface area (Å²) in [5.74, 6) is 1.93. The summed E-state index contributed by atoms with van der Waals surface area (Å²) in [6, 6.07) is 11.3. The van der Waals surface area contributed by atoms with Gasteiger partial charge in [0.2, 0.25) is 11.5 Å². The molecule has 9 heteroatoms. The molecule has 3 aromatic rings. The summed E-state index contributed by atoms with van der Waals surface area (Å²) in [6.07, 6.45) is 1.58. The maximum Gasteiger partial charge on any atom is 0.343 e. The van der Waals surface area contributed by atoms with Crippen LogP contribution in [-0.4, -0.2) is 47.3 Å². The van der Waals surface area contributed by atoms with Crippen molar-refractivity contribution in [2.75, 3.05) is 35.5 Å². The van der Waals surface area contributed by atoms with Crippen molar-refractivity contribution in [3.8, 4) is 40.2 Å². The molecular weight excluding hydrogens is 480 g/mol. The number of allylic oxidation sites excluding steroid dienone is 1. The second kappa shape index (κ2) is 10.5. The van der Waals surface area contributed by atoms with Crippen LogP contribution in [-0.2, 0) is 0 Å². The van der Waals surface area contributed by atoms with E-state index in [0.29, 0.717) is 45.4 Å². The lowest BCUT2D eigenvalue weighted by atomic mass is 10.0. The van der Waals surface area contributed by atoms with Crippen LogP contribution in [0.15, 0.2) is 48.2 Å². The summed E-state index contributed by atoms with van der Waals surface area (Å²) in [7, 11) is 7.51. The third-order valence-electron chi connectivity index (χ3n) is 5.73. The number of esters is 1. The van der Waals surface area contributed by atoms with Crippen LogP contribution in [0.5, 0.6) is 40.2 Å². The minimum absolute atomic E-state index is 0.105. The molecule has 0 fully saturated rings. The zero-order valence-corrected chi connectivity index (χ0v) is 21.3. The lowest BCUT2D eigenvalue weighted by Gasteiger charge is -2.13. The smallest absolute Gasteiger partial charge is 0.343 e. The number of methoxy groups -OCH3 is 5. The molecule has 3 aromatic carbocycles. The van der Waals surface area contributed by atoms with Gasteiger partial charge in [-0.3, -0.25) is 4.79 Å². The van der Waals surface area contributed by atoms with Crippen LogP contribution in [0.25, 0.3) is 6.08 Å². The highest BCUT2D eigenvalue weighted by molar-refractivity contribution is 6.15. The molecule has 0 radical (unpaired) electrons. The van der Waals surface area contributed by atoms with Crippen molar-refractivity contribution in [1.29, 1.82) is 0 Å². The first-order valence-electron chi connectivity index (χ1n) is 11.2. The van der Waals surface area contributed by atoms with Crippen LogP contribution in [0.2, 0.25) is 0 Å². The van der Waals surface area contributed by atoms with Crippen LogP contribution in [0.4, 0.5) is 0 Å². The molecule has 0 N–H and O–H groups in total. The number of carbonyl (C=O) groups excluding carboxylic acids is 2. The minimum Gasteiger partial charge on any atom is -0.497 e. The number of Topliss-reactive ketones (excluding diaryl/α,β-unsaturated/α-hetero) is 1. The average Bonchev–Trinajstić information content (AvgIpc) is 3.22. The third kappa shape index (κ3) is 5.02. The van der Waals surface area contributed by atoms with E-state index >= 15 is 0 Å². The number of ether oxygens (including phenoxy) is 7. The summed E-state index contributed by atoms with van der Waals surface area (Å²) in [4.78, 5) is 26.0. The van der Waals surface area contributed by atoms with Gasteiger partial charge in [0.25, 0.3) is 0 Å². The molecule has 0 spiro atoms. The summed E-state index contributed by atoms with van der Waals surface area (Å²) in [5, 5.41) is 0. The molecule has 0 saturated carbocycles. The van der Waals surface area contributed by atoms with E-state index in [2.05, 4.69) is 0 Å². The average molecular weight is 507 g/mol. The molecule has 4 rings (SSSR count). The fraction of sp³-hybridized carbons (Fsp3) is 0.214. The van der Waals surface area contributed by atoms with Gasteiger partial charge in [-0.05, 0) is 54.5 Å². The van der Waals surface area contributed by atoms with Crippen molar-refractivity contribution in [1.82, 2.24) is 0 Å². The predicted octanol–water partition coefficient (Wildman–Crippen LogP) is 4.87. The quantitative estimate of drug-likeness (QED) is 0.241. The topological polar surface area (TPSA) is 98.8 Å². The van der Waals surface area contributed by atoms with Crippen molar-refractivity contribution in [2.45, 2.75) is 6.92 Å². The van der Waals surface area contributed by atoms with E-state index in [4.69, 9.17) is 33.2 Å². The number of ketones is 1. The molecular formula is C28H26O9. The van der Waals surface area contributed by atoms with Gasteiger partial charge >= 0.3 is 5.97 Å². The van der Waals surface area contributed by atoms with Crippen molar-refractivity contribution >= 4 is 17.8 Å². The lowest BCUT2D eigenvalue weighted by Crippen LogP contribution is -2.09. The Morgan fingerprint density at radius 1 is 0.757 bits per heavy atom. The molecule has 0 unspecified atom stereocenters. The standard InChI is InChI=1S/C28H26O9/c1-15-7-20(36-28(30)17-11-18(31-2)13-19(12-17)32-3)14-21-25(15)26(29)22(37-21)8-16-9-23(33-4)27(35-6)24(10-16)34-5/h7-14H,1-6H3/b22-8-.